The minimum Gasteiger partial charge on any atom is -0.322 e. The number of rotatable bonds is 3. The van der Waals surface area contributed by atoms with Crippen molar-refractivity contribution in [1.29, 1.82) is 0 Å². The van der Waals surface area contributed by atoms with Gasteiger partial charge in [0.15, 0.2) is 0 Å². The van der Waals surface area contributed by atoms with Crippen LogP contribution in [0.1, 0.15) is 15.9 Å². The fourth-order valence-corrected chi connectivity index (χ4v) is 2.78. The van der Waals surface area contributed by atoms with E-state index in [9.17, 15) is 13.2 Å². The average Bonchev–Trinajstić information content (AvgIpc) is 2.39. The number of primary sulfonamides is 1. The van der Waals surface area contributed by atoms with Crippen LogP contribution in [-0.4, -0.2) is 14.3 Å². The molecule has 0 atom stereocenters. The molecule has 0 fully saturated rings. The van der Waals surface area contributed by atoms with Gasteiger partial charge in [0, 0.05) is 15.7 Å². The number of nitrogens with one attached hydrogen (secondary N) is 1. The maximum absolute atomic E-state index is 12.1. The van der Waals surface area contributed by atoms with E-state index in [1.165, 1.54) is 18.2 Å². The molecule has 0 bridgehead atoms. The van der Waals surface area contributed by atoms with Crippen molar-refractivity contribution in [3.63, 3.8) is 0 Å². The molecule has 2 aromatic carbocycles. The van der Waals surface area contributed by atoms with Gasteiger partial charge in [0.2, 0.25) is 10.0 Å². The number of nitrogens with two attached hydrogens (primary N) is 1. The molecule has 0 aliphatic carbocycles. The lowest BCUT2D eigenvalue weighted by Crippen LogP contribution is -2.15. The average molecular weight is 369 g/mol. The Labute approximate surface area is 131 Å². The zero-order valence-electron chi connectivity index (χ0n) is 11.1. The minimum absolute atomic E-state index is 0.0143. The van der Waals surface area contributed by atoms with Crippen LogP contribution in [0, 0.1) is 6.92 Å². The van der Waals surface area contributed by atoms with Gasteiger partial charge >= 0.3 is 0 Å². The number of benzene rings is 2. The van der Waals surface area contributed by atoms with Gasteiger partial charge in [0.1, 0.15) is 0 Å². The number of anilines is 1. The van der Waals surface area contributed by atoms with Gasteiger partial charge < -0.3 is 5.32 Å². The van der Waals surface area contributed by atoms with Crippen LogP contribution < -0.4 is 10.5 Å². The minimum atomic E-state index is -3.75. The fraction of sp³-hybridized carbons (Fsp3) is 0.0714. The summed E-state index contributed by atoms with van der Waals surface area (Å²) in [6.45, 7) is 1.70. The third-order valence-corrected chi connectivity index (χ3v) is 4.27. The number of aryl methyl sites for hydroxylation is 1. The Morgan fingerprint density at radius 2 is 1.90 bits per heavy atom. The van der Waals surface area contributed by atoms with E-state index in [4.69, 9.17) is 5.14 Å². The molecule has 0 spiro atoms. The first-order chi connectivity index (χ1) is 9.77. The third kappa shape index (κ3) is 3.90. The van der Waals surface area contributed by atoms with E-state index in [0.29, 0.717) is 16.8 Å². The molecule has 110 valence electrons. The highest BCUT2D eigenvalue weighted by atomic mass is 79.9. The SMILES string of the molecule is Cc1cc(S(N)(=O)=O)ccc1NC(=O)c1cccc(Br)c1. The fourth-order valence-electron chi connectivity index (χ4n) is 1.78. The van der Waals surface area contributed by atoms with Crippen molar-refractivity contribution in [2.24, 2.45) is 5.14 Å². The zero-order chi connectivity index (χ0) is 15.6. The van der Waals surface area contributed by atoms with Crippen LogP contribution in [0.4, 0.5) is 5.69 Å². The number of sulfonamides is 1. The van der Waals surface area contributed by atoms with E-state index < -0.39 is 10.0 Å². The van der Waals surface area contributed by atoms with Crippen molar-refractivity contribution >= 4 is 37.5 Å². The normalized spacial score (nSPS) is 11.2. The first-order valence-electron chi connectivity index (χ1n) is 5.98. The molecule has 0 saturated heterocycles. The number of carbonyl (C=O) groups is 1. The lowest BCUT2D eigenvalue weighted by Gasteiger charge is -2.10. The number of amides is 1. The lowest BCUT2D eigenvalue weighted by molar-refractivity contribution is 0.102. The van der Waals surface area contributed by atoms with Gasteiger partial charge in [0.05, 0.1) is 4.90 Å². The molecule has 0 saturated carbocycles. The van der Waals surface area contributed by atoms with E-state index in [0.717, 1.165) is 4.47 Å². The molecule has 7 heteroatoms. The highest BCUT2D eigenvalue weighted by Gasteiger charge is 2.12. The maximum atomic E-state index is 12.1. The smallest absolute Gasteiger partial charge is 0.255 e. The van der Waals surface area contributed by atoms with Crippen molar-refractivity contribution in [1.82, 2.24) is 0 Å². The van der Waals surface area contributed by atoms with E-state index in [1.807, 2.05) is 6.07 Å². The van der Waals surface area contributed by atoms with Gasteiger partial charge in [-0.1, -0.05) is 22.0 Å². The summed E-state index contributed by atoms with van der Waals surface area (Å²) in [4.78, 5) is 12.1. The Kier molecular flexibility index (Phi) is 4.46. The van der Waals surface area contributed by atoms with Gasteiger partial charge in [-0.25, -0.2) is 13.6 Å². The van der Waals surface area contributed by atoms with E-state index in [-0.39, 0.29) is 10.8 Å². The Morgan fingerprint density at radius 3 is 2.48 bits per heavy atom. The molecule has 0 aliphatic rings. The lowest BCUT2D eigenvalue weighted by atomic mass is 10.1. The summed E-state index contributed by atoms with van der Waals surface area (Å²) >= 11 is 3.30. The van der Waals surface area contributed by atoms with Crippen molar-refractivity contribution < 1.29 is 13.2 Å². The molecule has 21 heavy (non-hydrogen) atoms. The zero-order valence-corrected chi connectivity index (χ0v) is 13.5. The van der Waals surface area contributed by atoms with Gasteiger partial charge in [-0.3, -0.25) is 4.79 Å². The Balaban J connectivity index is 2.26. The summed E-state index contributed by atoms with van der Waals surface area (Å²) in [7, 11) is -3.75. The summed E-state index contributed by atoms with van der Waals surface area (Å²) in [5.74, 6) is -0.275. The molecule has 0 unspecified atom stereocenters. The molecule has 5 nitrogen and oxygen atoms in total. The predicted molar refractivity (Wildman–Crippen MR) is 84.6 cm³/mol. The third-order valence-electron chi connectivity index (χ3n) is 2.86. The largest absolute Gasteiger partial charge is 0.322 e. The topological polar surface area (TPSA) is 89.3 Å². The van der Waals surface area contributed by atoms with Crippen molar-refractivity contribution in [2.45, 2.75) is 11.8 Å². The van der Waals surface area contributed by atoms with Crippen molar-refractivity contribution in [3.05, 3.63) is 58.1 Å². The molecule has 2 rings (SSSR count). The molecule has 0 aliphatic heterocycles. The molecular weight excluding hydrogens is 356 g/mol. The van der Waals surface area contributed by atoms with Crippen LogP contribution in [0.25, 0.3) is 0 Å². The van der Waals surface area contributed by atoms with Crippen molar-refractivity contribution in [3.8, 4) is 0 Å². The van der Waals surface area contributed by atoms with Gasteiger partial charge in [-0.2, -0.15) is 0 Å². The summed E-state index contributed by atoms with van der Waals surface area (Å²) in [6.07, 6.45) is 0. The highest BCUT2D eigenvalue weighted by molar-refractivity contribution is 9.10. The van der Waals surface area contributed by atoms with E-state index in [2.05, 4.69) is 21.2 Å². The van der Waals surface area contributed by atoms with Crippen LogP contribution in [0.15, 0.2) is 51.8 Å². The quantitative estimate of drug-likeness (QED) is 0.872. The standard InChI is InChI=1S/C14H13BrN2O3S/c1-9-7-12(21(16,19)20)5-6-13(9)17-14(18)10-3-2-4-11(15)8-10/h2-8H,1H3,(H,17,18)(H2,16,19,20). The number of hydrogen-bond donors (Lipinski definition) is 2. The van der Waals surface area contributed by atoms with Gasteiger partial charge in [0.25, 0.3) is 5.91 Å². The van der Waals surface area contributed by atoms with E-state index in [1.54, 1.807) is 25.1 Å². The number of carbonyl (C=O) groups excluding carboxylic acids is 1. The molecule has 1 amide bonds. The highest BCUT2D eigenvalue weighted by Crippen LogP contribution is 2.20. The Morgan fingerprint density at radius 1 is 1.19 bits per heavy atom. The van der Waals surface area contributed by atoms with Crippen LogP contribution in [0.2, 0.25) is 0 Å². The molecule has 0 radical (unpaired) electrons. The Hall–Kier alpha value is -1.70. The Bertz CT molecular complexity index is 804. The molecular formula is C14H13BrN2O3S. The van der Waals surface area contributed by atoms with Gasteiger partial charge in [-0.05, 0) is 48.9 Å². The second-order valence-corrected chi connectivity index (χ2v) is 6.96. The first-order valence-corrected chi connectivity index (χ1v) is 8.31. The summed E-state index contributed by atoms with van der Waals surface area (Å²) in [5, 5.41) is 7.80. The second-order valence-electron chi connectivity index (χ2n) is 4.49. The molecule has 0 aromatic heterocycles. The summed E-state index contributed by atoms with van der Waals surface area (Å²) < 4.78 is 23.3. The second kappa shape index (κ2) is 5.97. The first kappa shape index (κ1) is 15.7. The predicted octanol–water partition coefficient (Wildman–Crippen LogP) is 2.66. The monoisotopic (exact) mass is 368 g/mol. The molecule has 0 heterocycles. The van der Waals surface area contributed by atoms with E-state index >= 15 is 0 Å². The van der Waals surface area contributed by atoms with Crippen LogP contribution in [0.3, 0.4) is 0 Å². The van der Waals surface area contributed by atoms with Gasteiger partial charge in [-0.15, -0.1) is 0 Å². The van der Waals surface area contributed by atoms with Crippen LogP contribution in [0.5, 0.6) is 0 Å². The summed E-state index contributed by atoms with van der Waals surface area (Å²) in [6, 6.07) is 11.3. The number of halogens is 1. The number of hydrogen-bond acceptors (Lipinski definition) is 3. The van der Waals surface area contributed by atoms with Crippen LogP contribution >= 0.6 is 15.9 Å². The van der Waals surface area contributed by atoms with Crippen molar-refractivity contribution in [2.75, 3.05) is 5.32 Å². The molecule has 3 N–H and O–H groups in total. The summed E-state index contributed by atoms with van der Waals surface area (Å²) in [5.41, 5.74) is 1.65. The molecule has 2 aromatic rings. The maximum Gasteiger partial charge on any atom is 0.255 e. The van der Waals surface area contributed by atoms with Crippen LogP contribution in [-0.2, 0) is 10.0 Å².